The van der Waals surface area contributed by atoms with Gasteiger partial charge in [0.2, 0.25) is 0 Å². The number of carbonyl (C=O) groups is 2. The summed E-state index contributed by atoms with van der Waals surface area (Å²) >= 11 is 0. The van der Waals surface area contributed by atoms with Crippen LogP contribution in [0.5, 0.6) is 11.5 Å². The quantitative estimate of drug-likeness (QED) is 0.307. The van der Waals surface area contributed by atoms with Crippen molar-refractivity contribution in [2.75, 3.05) is 18.6 Å². The van der Waals surface area contributed by atoms with Gasteiger partial charge < -0.3 is 14.6 Å². The number of carbonyl (C=O) groups excluding carboxylic acids is 2. The largest absolute Gasteiger partial charge is 0.507 e. The smallest absolute Gasteiger partial charge is 0.300 e. The Morgan fingerprint density at radius 1 is 0.971 bits per heavy atom. The molecule has 3 aromatic carbocycles. The first kappa shape index (κ1) is 23.1. The van der Waals surface area contributed by atoms with Crippen molar-refractivity contribution in [3.8, 4) is 11.5 Å². The number of methoxy groups -OCH3 is 1. The maximum Gasteiger partial charge on any atom is 0.300 e. The summed E-state index contributed by atoms with van der Waals surface area (Å²) in [7, 11) is 1.56. The lowest BCUT2D eigenvalue weighted by molar-refractivity contribution is -0.132. The fourth-order valence-electron chi connectivity index (χ4n) is 4.26. The zero-order chi connectivity index (χ0) is 24.4. The lowest BCUT2D eigenvalue weighted by atomic mass is 9.94. The second-order valence-corrected chi connectivity index (χ2v) is 8.13. The minimum absolute atomic E-state index is 0.0211. The number of amides is 1. The molecule has 1 atom stereocenters. The van der Waals surface area contributed by atoms with Gasteiger partial charge in [0, 0.05) is 11.3 Å². The maximum atomic E-state index is 13.4. The summed E-state index contributed by atoms with van der Waals surface area (Å²) in [6.07, 6.45) is 0. The second-order valence-electron chi connectivity index (χ2n) is 8.13. The number of hydrogen-bond acceptors (Lipinski definition) is 5. The van der Waals surface area contributed by atoms with E-state index in [-0.39, 0.29) is 11.3 Å². The molecule has 1 unspecified atom stereocenters. The normalized spacial score (nSPS) is 17.2. The van der Waals surface area contributed by atoms with Gasteiger partial charge in [-0.1, -0.05) is 36.4 Å². The fourth-order valence-corrected chi connectivity index (χ4v) is 4.26. The van der Waals surface area contributed by atoms with Crippen LogP contribution in [0.3, 0.4) is 0 Å². The number of aliphatic hydroxyl groups excluding tert-OH is 1. The van der Waals surface area contributed by atoms with Crippen LogP contribution in [-0.4, -0.2) is 30.5 Å². The highest BCUT2D eigenvalue weighted by Crippen LogP contribution is 2.44. The molecule has 0 bridgehead atoms. The summed E-state index contributed by atoms with van der Waals surface area (Å²) < 4.78 is 10.9. The van der Waals surface area contributed by atoms with Crippen molar-refractivity contribution in [1.29, 1.82) is 0 Å². The van der Waals surface area contributed by atoms with Crippen LogP contribution in [0.25, 0.3) is 5.76 Å². The molecule has 4 rings (SSSR count). The molecular formula is C28H27NO5. The van der Waals surface area contributed by atoms with Crippen molar-refractivity contribution in [1.82, 2.24) is 0 Å². The van der Waals surface area contributed by atoms with E-state index in [2.05, 4.69) is 0 Å². The van der Waals surface area contributed by atoms with Crippen LogP contribution in [0.2, 0.25) is 0 Å². The van der Waals surface area contributed by atoms with Gasteiger partial charge >= 0.3 is 0 Å². The minimum Gasteiger partial charge on any atom is -0.507 e. The van der Waals surface area contributed by atoms with E-state index in [4.69, 9.17) is 9.47 Å². The highest BCUT2D eigenvalue weighted by molar-refractivity contribution is 6.51. The molecule has 6 heteroatoms. The molecule has 0 aliphatic carbocycles. The third-order valence-electron chi connectivity index (χ3n) is 6.11. The predicted molar refractivity (Wildman–Crippen MR) is 131 cm³/mol. The van der Waals surface area contributed by atoms with E-state index in [1.807, 2.05) is 45.0 Å². The van der Waals surface area contributed by atoms with Crippen LogP contribution < -0.4 is 14.4 Å². The Balaban J connectivity index is 1.97. The average molecular weight is 458 g/mol. The van der Waals surface area contributed by atoms with Crippen LogP contribution in [0.4, 0.5) is 5.69 Å². The van der Waals surface area contributed by atoms with Gasteiger partial charge in [-0.15, -0.1) is 0 Å². The third kappa shape index (κ3) is 4.03. The molecule has 1 aliphatic rings. The average Bonchev–Trinajstić information content (AvgIpc) is 3.11. The van der Waals surface area contributed by atoms with E-state index in [9.17, 15) is 14.7 Å². The number of Topliss-reactive ketones (excluding diaryl/α,β-unsaturated/α-hetero) is 1. The highest BCUT2D eigenvalue weighted by atomic mass is 16.5. The first-order valence-electron chi connectivity index (χ1n) is 11.1. The van der Waals surface area contributed by atoms with E-state index in [1.54, 1.807) is 49.6 Å². The van der Waals surface area contributed by atoms with Crippen molar-refractivity contribution in [2.24, 2.45) is 0 Å². The summed E-state index contributed by atoms with van der Waals surface area (Å²) in [6.45, 7) is 6.20. The molecule has 6 nitrogen and oxygen atoms in total. The van der Waals surface area contributed by atoms with Crippen molar-refractivity contribution < 1.29 is 24.2 Å². The molecule has 0 radical (unpaired) electrons. The molecule has 1 saturated heterocycles. The lowest BCUT2D eigenvalue weighted by Crippen LogP contribution is -2.30. The van der Waals surface area contributed by atoms with E-state index in [0.29, 0.717) is 34.9 Å². The monoisotopic (exact) mass is 457 g/mol. The number of aliphatic hydroxyl groups is 1. The Morgan fingerprint density at radius 3 is 2.41 bits per heavy atom. The molecule has 1 amide bonds. The number of anilines is 1. The van der Waals surface area contributed by atoms with Crippen molar-refractivity contribution >= 4 is 23.1 Å². The third-order valence-corrected chi connectivity index (χ3v) is 6.11. The van der Waals surface area contributed by atoms with Gasteiger partial charge in [-0.3, -0.25) is 14.5 Å². The predicted octanol–water partition coefficient (Wildman–Crippen LogP) is 5.34. The van der Waals surface area contributed by atoms with Crippen molar-refractivity contribution in [2.45, 2.75) is 26.8 Å². The van der Waals surface area contributed by atoms with E-state index >= 15 is 0 Å². The van der Waals surface area contributed by atoms with Gasteiger partial charge in [0.1, 0.15) is 17.3 Å². The van der Waals surface area contributed by atoms with Gasteiger partial charge in [0.05, 0.1) is 25.3 Å². The Bertz CT molecular complexity index is 1290. The molecule has 1 N–H and O–H groups in total. The number of nitrogens with zero attached hydrogens (tertiary/aromatic N) is 1. The van der Waals surface area contributed by atoms with Crippen LogP contribution >= 0.6 is 0 Å². The lowest BCUT2D eigenvalue weighted by Gasteiger charge is -2.27. The molecule has 174 valence electrons. The van der Waals surface area contributed by atoms with Gasteiger partial charge in [-0.2, -0.15) is 0 Å². The summed E-state index contributed by atoms with van der Waals surface area (Å²) in [4.78, 5) is 28.2. The topological polar surface area (TPSA) is 76.1 Å². The first-order chi connectivity index (χ1) is 16.4. The number of benzene rings is 3. The molecule has 0 saturated carbocycles. The Labute approximate surface area is 199 Å². The van der Waals surface area contributed by atoms with Crippen LogP contribution in [-0.2, 0) is 9.59 Å². The number of aryl methyl sites for hydroxylation is 1. The fraction of sp³-hybridized carbons (Fsp3) is 0.214. The molecule has 0 spiro atoms. The zero-order valence-corrected chi connectivity index (χ0v) is 19.7. The van der Waals surface area contributed by atoms with Crippen LogP contribution in [0.15, 0.2) is 72.3 Å². The number of hydrogen-bond donors (Lipinski definition) is 1. The first-order valence-corrected chi connectivity index (χ1v) is 11.1. The maximum absolute atomic E-state index is 13.4. The number of ether oxygens (including phenoxy) is 2. The number of ketones is 1. The Hall–Kier alpha value is -4.06. The van der Waals surface area contributed by atoms with Gasteiger partial charge in [-0.25, -0.2) is 0 Å². The van der Waals surface area contributed by atoms with E-state index < -0.39 is 17.7 Å². The van der Waals surface area contributed by atoms with Crippen LogP contribution in [0.1, 0.15) is 35.2 Å². The molecule has 0 aromatic heterocycles. The summed E-state index contributed by atoms with van der Waals surface area (Å²) in [5, 5.41) is 11.3. The number of rotatable bonds is 6. The summed E-state index contributed by atoms with van der Waals surface area (Å²) in [5.41, 5.74) is 3.58. The van der Waals surface area contributed by atoms with E-state index in [0.717, 1.165) is 11.1 Å². The van der Waals surface area contributed by atoms with Crippen LogP contribution in [0, 0.1) is 13.8 Å². The van der Waals surface area contributed by atoms with Gasteiger partial charge in [0.25, 0.3) is 11.7 Å². The zero-order valence-electron chi connectivity index (χ0n) is 19.7. The van der Waals surface area contributed by atoms with Crippen molar-refractivity contribution in [3.05, 3.63) is 94.6 Å². The standard InChI is InChI=1S/C28H27NO5/c1-5-34-22-13-8-11-20(16-22)26(30)24-25(19-10-7-12-21(15-19)33-4)29(28(32)27(24)31)23-14-6-9-17(2)18(23)3/h6-16,25,30H,5H2,1-4H3/b26-24+. The molecule has 1 fully saturated rings. The van der Waals surface area contributed by atoms with Gasteiger partial charge in [-0.05, 0) is 67.8 Å². The SMILES string of the molecule is CCOc1cccc(/C(O)=C2\C(=O)C(=O)N(c3cccc(C)c3C)C2c2cccc(OC)c2)c1. The summed E-state index contributed by atoms with van der Waals surface area (Å²) in [6, 6.07) is 18.8. The summed E-state index contributed by atoms with van der Waals surface area (Å²) in [5.74, 6) is -0.534. The Kier molecular flexibility index (Phi) is 6.41. The second kappa shape index (κ2) is 9.43. The Morgan fingerprint density at radius 2 is 1.68 bits per heavy atom. The highest BCUT2D eigenvalue weighted by Gasteiger charge is 2.47. The van der Waals surface area contributed by atoms with Gasteiger partial charge in [0.15, 0.2) is 0 Å². The molecule has 1 heterocycles. The minimum atomic E-state index is -0.827. The molecular weight excluding hydrogens is 430 g/mol. The molecule has 3 aromatic rings. The molecule has 34 heavy (non-hydrogen) atoms. The van der Waals surface area contributed by atoms with E-state index in [1.165, 1.54) is 4.90 Å². The molecule has 1 aliphatic heterocycles. The van der Waals surface area contributed by atoms with Crippen molar-refractivity contribution in [3.63, 3.8) is 0 Å².